The summed E-state index contributed by atoms with van der Waals surface area (Å²) in [5.41, 5.74) is 0. The van der Waals surface area contributed by atoms with Crippen LogP contribution in [-0.2, 0) is 9.53 Å². The van der Waals surface area contributed by atoms with Crippen molar-refractivity contribution in [1.82, 2.24) is 15.1 Å². The number of carbonyl (C=O) groups excluding carboxylic acids is 1. The minimum atomic E-state index is -1.02. The molecule has 20 heavy (non-hydrogen) atoms. The van der Waals surface area contributed by atoms with Crippen LogP contribution in [0.2, 0.25) is 0 Å². The standard InChI is InChI=1S/C13H23N3O4/c1-10(8-15-4-2-3-5-15)14-13(19)16-6-7-20-11(9-16)12(17)18/h10-11H,2-9H2,1H3,(H,14,19)(H,17,18). The molecule has 0 aliphatic carbocycles. The Morgan fingerprint density at radius 1 is 1.35 bits per heavy atom. The molecule has 0 saturated carbocycles. The Kier molecular flexibility index (Phi) is 5.19. The van der Waals surface area contributed by atoms with Gasteiger partial charge in [-0.15, -0.1) is 0 Å². The normalized spacial score (nSPS) is 25.4. The van der Waals surface area contributed by atoms with Crippen molar-refractivity contribution in [3.05, 3.63) is 0 Å². The Morgan fingerprint density at radius 3 is 2.70 bits per heavy atom. The van der Waals surface area contributed by atoms with E-state index < -0.39 is 12.1 Å². The molecule has 2 rings (SSSR count). The fraction of sp³-hybridized carbons (Fsp3) is 0.846. The topological polar surface area (TPSA) is 82.1 Å². The van der Waals surface area contributed by atoms with E-state index >= 15 is 0 Å². The fourth-order valence-corrected chi connectivity index (χ4v) is 2.68. The van der Waals surface area contributed by atoms with E-state index in [2.05, 4.69) is 10.2 Å². The predicted molar refractivity (Wildman–Crippen MR) is 72.6 cm³/mol. The summed E-state index contributed by atoms with van der Waals surface area (Å²) in [7, 11) is 0. The molecule has 0 aromatic heterocycles. The molecule has 2 heterocycles. The number of hydrogen-bond acceptors (Lipinski definition) is 4. The largest absolute Gasteiger partial charge is 0.479 e. The van der Waals surface area contributed by atoms with Gasteiger partial charge in [0.2, 0.25) is 0 Å². The van der Waals surface area contributed by atoms with Crippen LogP contribution in [0.4, 0.5) is 4.79 Å². The van der Waals surface area contributed by atoms with E-state index in [1.54, 1.807) is 0 Å². The number of morpholine rings is 1. The van der Waals surface area contributed by atoms with Gasteiger partial charge in [-0.3, -0.25) is 0 Å². The third-order valence-electron chi connectivity index (χ3n) is 3.73. The van der Waals surface area contributed by atoms with E-state index in [-0.39, 0.29) is 25.2 Å². The van der Waals surface area contributed by atoms with E-state index in [9.17, 15) is 9.59 Å². The van der Waals surface area contributed by atoms with Crippen LogP contribution in [0.5, 0.6) is 0 Å². The van der Waals surface area contributed by atoms with Gasteiger partial charge in [0.1, 0.15) is 0 Å². The van der Waals surface area contributed by atoms with Crippen LogP contribution in [-0.4, -0.2) is 78.4 Å². The second-order valence-electron chi connectivity index (χ2n) is 5.50. The lowest BCUT2D eigenvalue weighted by atomic mass is 10.2. The Bertz CT molecular complexity index is 358. The smallest absolute Gasteiger partial charge is 0.334 e. The van der Waals surface area contributed by atoms with Crippen LogP contribution in [0, 0.1) is 0 Å². The number of aliphatic carboxylic acids is 1. The van der Waals surface area contributed by atoms with Gasteiger partial charge in [0.25, 0.3) is 0 Å². The number of carbonyl (C=O) groups is 2. The molecule has 0 aromatic carbocycles. The third-order valence-corrected chi connectivity index (χ3v) is 3.73. The van der Waals surface area contributed by atoms with Crippen molar-refractivity contribution in [3.8, 4) is 0 Å². The number of hydrogen-bond donors (Lipinski definition) is 2. The zero-order valence-corrected chi connectivity index (χ0v) is 11.9. The highest BCUT2D eigenvalue weighted by Crippen LogP contribution is 2.09. The van der Waals surface area contributed by atoms with Crippen LogP contribution in [0.3, 0.4) is 0 Å². The molecule has 0 bridgehead atoms. The van der Waals surface area contributed by atoms with Crippen LogP contribution in [0.15, 0.2) is 0 Å². The zero-order valence-electron chi connectivity index (χ0n) is 11.9. The molecular weight excluding hydrogens is 262 g/mol. The van der Waals surface area contributed by atoms with Gasteiger partial charge < -0.3 is 25.0 Å². The number of nitrogens with one attached hydrogen (secondary N) is 1. The molecule has 2 unspecified atom stereocenters. The van der Waals surface area contributed by atoms with E-state index in [4.69, 9.17) is 9.84 Å². The average molecular weight is 285 g/mol. The minimum absolute atomic E-state index is 0.0618. The molecule has 0 radical (unpaired) electrons. The molecule has 2 fully saturated rings. The van der Waals surface area contributed by atoms with E-state index in [1.807, 2.05) is 6.92 Å². The van der Waals surface area contributed by atoms with Gasteiger partial charge in [0.15, 0.2) is 6.10 Å². The minimum Gasteiger partial charge on any atom is -0.479 e. The first kappa shape index (κ1) is 15.1. The Hall–Kier alpha value is -1.34. The third kappa shape index (κ3) is 4.08. The molecular formula is C13H23N3O4. The van der Waals surface area contributed by atoms with Gasteiger partial charge in [-0.25, -0.2) is 9.59 Å². The maximum absolute atomic E-state index is 12.1. The SMILES string of the molecule is CC(CN1CCCC1)NC(=O)N1CCOC(C(=O)O)C1. The van der Waals surface area contributed by atoms with E-state index in [1.165, 1.54) is 17.7 Å². The number of amides is 2. The highest BCUT2D eigenvalue weighted by molar-refractivity contribution is 5.77. The summed E-state index contributed by atoms with van der Waals surface area (Å²) in [6.07, 6.45) is 1.54. The van der Waals surface area contributed by atoms with Gasteiger partial charge in [0.05, 0.1) is 13.2 Å². The molecule has 2 aliphatic rings. The number of nitrogens with zero attached hydrogens (tertiary/aromatic N) is 2. The molecule has 2 saturated heterocycles. The number of likely N-dealkylation sites (tertiary alicyclic amines) is 1. The van der Waals surface area contributed by atoms with E-state index in [0.717, 1.165) is 19.6 Å². The molecule has 114 valence electrons. The summed E-state index contributed by atoms with van der Waals surface area (Å²) in [4.78, 5) is 26.8. The first-order chi connectivity index (χ1) is 9.56. The van der Waals surface area contributed by atoms with Crippen molar-refractivity contribution in [2.75, 3.05) is 39.3 Å². The van der Waals surface area contributed by atoms with Crippen molar-refractivity contribution in [3.63, 3.8) is 0 Å². The number of carboxylic acid groups (broad SMARTS) is 1. The fourth-order valence-electron chi connectivity index (χ4n) is 2.68. The van der Waals surface area contributed by atoms with Crippen molar-refractivity contribution in [2.24, 2.45) is 0 Å². The maximum Gasteiger partial charge on any atom is 0.334 e. The number of urea groups is 1. The van der Waals surface area contributed by atoms with Gasteiger partial charge in [-0.2, -0.15) is 0 Å². The molecule has 7 nitrogen and oxygen atoms in total. The molecule has 0 aromatic rings. The van der Waals surface area contributed by atoms with Gasteiger partial charge in [-0.05, 0) is 32.9 Å². The number of ether oxygens (including phenoxy) is 1. The van der Waals surface area contributed by atoms with Crippen LogP contribution >= 0.6 is 0 Å². The second kappa shape index (κ2) is 6.90. The van der Waals surface area contributed by atoms with Crippen molar-refractivity contribution >= 4 is 12.0 Å². The van der Waals surface area contributed by atoms with Crippen molar-refractivity contribution < 1.29 is 19.4 Å². The Morgan fingerprint density at radius 2 is 2.05 bits per heavy atom. The lowest BCUT2D eigenvalue weighted by molar-refractivity contribution is -0.154. The van der Waals surface area contributed by atoms with E-state index in [0.29, 0.717) is 6.54 Å². The predicted octanol–water partition coefficient (Wildman–Crippen LogP) is -0.0343. The molecule has 7 heteroatoms. The zero-order chi connectivity index (χ0) is 14.5. The summed E-state index contributed by atoms with van der Waals surface area (Å²) in [5, 5.41) is 11.9. The summed E-state index contributed by atoms with van der Waals surface area (Å²) < 4.78 is 5.10. The quantitative estimate of drug-likeness (QED) is 0.758. The molecule has 2 N–H and O–H groups in total. The van der Waals surface area contributed by atoms with Crippen molar-refractivity contribution in [1.29, 1.82) is 0 Å². The molecule has 2 atom stereocenters. The average Bonchev–Trinajstić information content (AvgIpc) is 2.91. The Balaban J connectivity index is 1.76. The number of rotatable bonds is 4. The number of carboxylic acids is 1. The summed E-state index contributed by atoms with van der Waals surface area (Å²) in [5.74, 6) is -1.02. The lowest BCUT2D eigenvalue weighted by Gasteiger charge is -2.32. The van der Waals surface area contributed by atoms with Gasteiger partial charge >= 0.3 is 12.0 Å². The van der Waals surface area contributed by atoms with Crippen LogP contribution in [0.1, 0.15) is 19.8 Å². The Labute approximate surface area is 118 Å². The monoisotopic (exact) mass is 285 g/mol. The molecule has 2 aliphatic heterocycles. The van der Waals surface area contributed by atoms with Crippen molar-refractivity contribution in [2.45, 2.75) is 31.9 Å². The summed E-state index contributed by atoms with van der Waals surface area (Å²) >= 11 is 0. The van der Waals surface area contributed by atoms with Gasteiger partial charge in [0, 0.05) is 19.1 Å². The first-order valence-corrected chi connectivity index (χ1v) is 7.18. The lowest BCUT2D eigenvalue weighted by Crippen LogP contribution is -2.54. The van der Waals surface area contributed by atoms with Crippen LogP contribution < -0.4 is 5.32 Å². The van der Waals surface area contributed by atoms with Gasteiger partial charge in [-0.1, -0.05) is 0 Å². The summed E-state index contributed by atoms with van der Waals surface area (Å²) in [6.45, 7) is 5.83. The highest BCUT2D eigenvalue weighted by Gasteiger charge is 2.29. The molecule has 0 spiro atoms. The first-order valence-electron chi connectivity index (χ1n) is 7.18. The molecule has 2 amide bonds. The summed E-state index contributed by atoms with van der Waals surface area (Å²) in [6, 6.07) is -0.141. The second-order valence-corrected chi connectivity index (χ2v) is 5.50. The van der Waals surface area contributed by atoms with Crippen LogP contribution in [0.25, 0.3) is 0 Å². The highest BCUT2D eigenvalue weighted by atomic mass is 16.5. The maximum atomic E-state index is 12.1.